The van der Waals surface area contributed by atoms with Crippen molar-refractivity contribution in [1.82, 2.24) is 20.0 Å². The highest BCUT2D eigenvalue weighted by atomic mass is 16.4. The number of hydrogen-bond donors (Lipinski definition) is 0. The molecular formula is C16H16N5O+. The zero-order valence-corrected chi connectivity index (χ0v) is 13.0. The molecule has 3 aromatic heterocycles. The van der Waals surface area contributed by atoms with Crippen LogP contribution in [-0.4, -0.2) is 20.0 Å². The Balaban J connectivity index is 2.07. The van der Waals surface area contributed by atoms with E-state index in [0.717, 1.165) is 16.8 Å². The quantitative estimate of drug-likeness (QED) is 0.505. The standard InChI is InChI=1S/C16H16N5O/c1-9-5-10(2)11(3)12(6-9)13-7-14-15(8-20(13)4)22-16-17-18-19-21(14)16/h5-8H,1-4H3/q+1. The number of aromatic nitrogens is 5. The van der Waals surface area contributed by atoms with Gasteiger partial charge < -0.3 is 4.42 Å². The van der Waals surface area contributed by atoms with Gasteiger partial charge in [0.2, 0.25) is 17.5 Å². The molecule has 0 atom stereocenters. The molecule has 4 aromatic rings. The minimum atomic E-state index is 0.407. The van der Waals surface area contributed by atoms with Crippen LogP contribution in [-0.2, 0) is 7.05 Å². The van der Waals surface area contributed by atoms with Crippen LogP contribution >= 0.6 is 0 Å². The van der Waals surface area contributed by atoms with Gasteiger partial charge in [-0.25, -0.2) is 0 Å². The third-order valence-electron chi connectivity index (χ3n) is 4.17. The fourth-order valence-electron chi connectivity index (χ4n) is 2.92. The largest absolute Gasteiger partial charge is 0.414 e. The molecule has 110 valence electrons. The van der Waals surface area contributed by atoms with Crippen molar-refractivity contribution in [3.8, 4) is 11.3 Å². The highest BCUT2D eigenvalue weighted by Gasteiger charge is 2.20. The number of pyridine rings is 1. The fraction of sp³-hybridized carbons (Fsp3) is 0.250. The molecule has 0 unspecified atom stereocenters. The van der Waals surface area contributed by atoms with Crippen molar-refractivity contribution >= 4 is 16.9 Å². The second-order valence-corrected chi connectivity index (χ2v) is 5.75. The zero-order valence-electron chi connectivity index (χ0n) is 13.0. The van der Waals surface area contributed by atoms with Crippen LogP contribution in [0.5, 0.6) is 0 Å². The van der Waals surface area contributed by atoms with Crippen LogP contribution in [0.25, 0.3) is 28.2 Å². The van der Waals surface area contributed by atoms with Crippen LogP contribution in [0.15, 0.2) is 28.8 Å². The summed E-state index contributed by atoms with van der Waals surface area (Å²) >= 11 is 0. The van der Waals surface area contributed by atoms with Crippen molar-refractivity contribution in [3.63, 3.8) is 0 Å². The van der Waals surface area contributed by atoms with E-state index in [-0.39, 0.29) is 0 Å². The minimum absolute atomic E-state index is 0.407. The van der Waals surface area contributed by atoms with E-state index in [0.29, 0.717) is 5.84 Å². The number of fused-ring (bicyclic) bond motifs is 3. The third kappa shape index (κ3) is 1.73. The molecule has 22 heavy (non-hydrogen) atoms. The van der Waals surface area contributed by atoms with Gasteiger partial charge in [-0.2, -0.15) is 9.08 Å². The van der Waals surface area contributed by atoms with Crippen molar-refractivity contribution in [2.45, 2.75) is 20.8 Å². The van der Waals surface area contributed by atoms with E-state index in [9.17, 15) is 0 Å². The molecule has 0 N–H and O–H groups in total. The second kappa shape index (κ2) is 4.37. The average molecular weight is 294 g/mol. The molecule has 0 radical (unpaired) electrons. The highest BCUT2D eigenvalue weighted by Crippen LogP contribution is 2.27. The molecular weight excluding hydrogens is 278 g/mol. The van der Waals surface area contributed by atoms with Crippen molar-refractivity contribution in [2.75, 3.05) is 0 Å². The summed E-state index contributed by atoms with van der Waals surface area (Å²) in [4.78, 5) is 0. The molecule has 0 saturated carbocycles. The Morgan fingerprint density at radius 1 is 1.14 bits per heavy atom. The lowest BCUT2D eigenvalue weighted by atomic mass is 9.97. The lowest BCUT2D eigenvalue weighted by Gasteiger charge is -2.09. The Kier molecular flexibility index (Phi) is 2.57. The summed E-state index contributed by atoms with van der Waals surface area (Å²) < 4.78 is 9.34. The van der Waals surface area contributed by atoms with E-state index in [1.807, 2.05) is 13.2 Å². The maximum atomic E-state index is 5.65. The van der Waals surface area contributed by atoms with Crippen LogP contribution in [0.1, 0.15) is 16.7 Å². The maximum Gasteiger partial charge on any atom is 0.346 e. The van der Waals surface area contributed by atoms with Crippen molar-refractivity contribution in [2.24, 2.45) is 7.05 Å². The van der Waals surface area contributed by atoms with Crippen LogP contribution in [0.2, 0.25) is 0 Å². The number of nitrogens with zero attached hydrogens (tertiary/aromatic N) is 5. The number of tetrazole rings is 1. The van der Waals surface area contributed by atoms with E-state index in [4.69, 9.17) is 4.42 Å². The van der Waals surface area contributed by atoms with Crippen LogP contribution in [0.3, 0.4) is 0 Å². The lowest BCUT2D eigenvalue weighted by Crippen LogP contribution is -2.30. The predicted molar refractivity (Wildman–Crippen MR) is 81.4 cm³/mol. The van der Waals surface area contributed by atoms with Crippen molar-refractivity contribution in [3.05, 3.63) is 41.1 Å². The summed E-state index contributed by atoms with van der Waals surface area (Å²) in [5.41, 5.74) is 7.74. The Hall–Kier alpha value is -2.76. The van der Waals surface area contributed by atoms with E-state index in [1.165, 1.54) is 22.3 Å². The first-order chi connectivity index (χ1) is 10.5. The van der Waals surface area contributed by atoms with Gasteiger partial charge in [0.15, 0.2) is 0 Å². The molecule has 0 saturated heterocycles. The van der Waals surface area contributed by atoms with Gasteiger partial charge in [-0.3, -0.25) is 0 Å². The Bertz CT molecular complexity index is 1030. The third-order valence-corrected chi connectivity index (χ3v) is 4.17. The number of oxazole rings is 1. The summed E-state index contributed by atoms with van der Waals surface area (Å²) in [6.07, 6.45) is 1.96. The molecule has 0 fully saturated rings. The zero-order chi connectivity index (χ0) is 15.4. The number of rotatable bonds is 1. The number of benzene rings is 1. The molecule has 0 aliphatic heterocycles. The number of hydrogen-bond acceptors (Lipinski definition) is 4. The van der Waals surface area contributed by atoms with E-state index in [1.54, 1.807) is 4.52 Å². The second-order valence-electron chi connectivity index (χ2n) is 5.75. The topological polar surface area (TPSA) is 60.1 Å². The smallest absolute Gasteiger partial charge is 0.346 e. The van der Waals surface area contributed by atoms with Crippen molar-refractivity contribution < 1.29 is 8.98 Å². The summed E-state index contributed by atoms with van der Waals surface area (Å²) in [5.74, 6) is 0.407. The summed E-state index contributed by atoms with van der Waals surface area (Å²) in [7, 11) is 2.02. The molecule has 0 bridgehead atoms. The molecule has 0 aliphatic carbocycles. The van der Waals surface area contributed by atoms with E-state index < -0.39 is 0 Å². The Labute approximate surface area is 127 Å². The van der Waals surface area contributed by atoms with E-state index in [2.05, 4.69) is 59.1 Å². The Morgan fingerprint density at radius 3 is 2.77 bits per heavy atom. The first-order valence-electron chi connectivity index (χ1n) is 7.13. The maximum absolute atomic E-state index is 5.65. The summed E-state index contributed by atoms with van der Waals surface area (Å²) in [6, 6.07) is 6.48. The monoisotopic (exact) mass is 294 g/mol. The predicted octanol–water partition coefficient (Wildman–Crippen LogP) is 2.29. The van der Waals surface area contributed by atoms with Gasteiger partial charge in [-0.05, 0) is 48.4 Å². The normalized spacial score (nSPS) is 11.6. The molecule has 3 heterocycles. The molecule has 0 amide bonds. The molecule has 0 spiro atoms. The molecule has 1 aromatic carbocycles. The molecule has 6 nitrogen and oxygen atoms in total. The lowest BCUT2D eigenvalue weighted by molar-refractivity contribution is -0.659. The highest BCUT2D eigenvalue weighted by molar-refractivity contribution is 5.79. The average Bonchev–Trinajstić information content (AvgIpc) is 3.02. The van der Waals surface area contributed by atoms with E-state index >= 15 is 0 Å². The summed E-state index contributed by atoms with van der Waals surface area (Å²) in [5, 5.41) is 11.5. The SMILES string of the molecule is Cc1cc(C)c(C)c(-c2cc3c(c[n+]2C)oc2nnnn23)c1. The molecule has 4 rings (SSSR count). The minimum Gasteiger partial charge on any atom is -0.414 e. The molecule has 0 aliphatic rings. The Morgan fingerprint density at radius 2 is 1.95 bits per heavy atom. The van der Waals surface area contributed by atoms with Crippen LogP contribution < -0.4 is 4.57 Å². The van der Waals surface area contributed by atoms with Crippen molar-refractivity contribution in [1.29, 1.82) is 0 Å². The first kappa shape index (κ1) is 12.9. The molecule has 6 heteroatoms. The van der Waals surface area contributed by atoms with Gasteiger partial charge in [-0.15, -0.1) is 0 Å². The first-order valence-corrected chi connectivity index (χ1v) is 7.13. The number of aryl methyl sites for hydroxylation is 3. The van der Waals surface area contributed by atoms with Gasteiger partial charge in [0.25, 0.3) is 0 Å². The van der Waals surface area contributed by atoms with Gasteiger partial charge >= 0.3 is 5.84 Å². The van der Waals surface area contributed by atoms with Gasteiger partial charge in [0, 0.05) is 11.6 Å². The van der Waals surface area contributed by atoms with Gasteiger partial charge in [-0.1, -0.05) is 16.7 Å². The fourth-order valence-corrected chi connectivity index (χ4v) is 2.92. The van der Waals surface area contributed by atoms with Gasteiger partial charge in [0.05, 0.1) is 0 Å². The van der Waals surface area contributed by atoms with Gasteiger partial charge in [0.1, 0.15) is 12.6 Å². The van der Waals surface area contributed by atoms with Crippen LogP contribution in [0, 0.1) is 20.8 Å². The van der Waals surface area contributed by atoms with Crippen LogP contribution in [0.4, 0.5) is 0 Å². The summed E-state index contributed by atoms with van der Waals surface area (Å²) in [6.45, 7) is 6.41.